The lowest BCUT2D eigenvalue weighted by molar-refractivity contribution is -0.469. The highest BCUT2D eigenvalue weighted by Crippen LogP contribution is 2.28. The van der Waals surface area contributed by atoms with Gasteiger partial charge in [-0.2, -0.15) is 0 Å². The standard InChI is InChI=1S/C13H11NO4/c1-9-6-7-12(18-13(15)8-14(16)17)11-5-3-2-4-10(9)11/h2-7H,8H2,1H3. The van der Waals surface area contributed by atoms with Gasteiger partial charge in [-0.05, 0) is 23.9 Å². The van der Waals surface area contributed by atoms with E-state index in [0.29, 0.717) is 5.75 Å². The number of carbonyl (C=O) groups excluding carboxylic acids is 1. The maximum atomic E-state index is 11.3. The number of hydrogen-bond acceptors (Lipinski definition) is 4. The van der Waals surface area contributed by atoms with Crippen molar-refractivity contribution in [2.24, 2.45) is 0 Å². The number of hydrogen-bond donors (Lipinski definition) is 0. The lowest BCUT2D eigenvalue weighted by Crippen LogP contribution is -2.19. The van der Waals surface area contributed by atoms with Crippen LogP contribution in [0.3, 0.4) is 0 Å². The van der Waals surface area contributed by atoms with Crippen LogP contribution in [0.1, 0.15) is 5.56 Å². The van der Waals surface area contributed by atoms with Crippen LogP contribution in [-0.2, 0) is 4.79 Å². The minimum Gasteiger partial charge on any atom is -0.421 e. The molecule has 0 aromatic heterocycles. The molecule has 0 heterocycles. The highest BCUT2D eigenvalue weighted by molar-refractivity contribution is 5.92. The molecule has 0 radical (unpaired) electrons. The van der Waals surface area contributed by atoms with Gasteiger partial charge in [0.25, 0.3) is 6.54 Å². The maximum Gasteiger partial charge on any atom is 0.383 e. The van der Waals surface area contributed by atoms with Crippen LogP contribution < -0.4 is 4.74 Å². The predicted molar refractivity (Wildman–Crippen MR) is 66.2 cm³/mol. The highest BCUT2D eigenvalue weighted by Gasteiger charge is 2.14. The predicted octanol–water partition coefficient (Wildman–Crippen LogP) is 2.33. The van der Waals surface area contributed by atoms with Crippen molar-refractivity contribution in [3.63, 3.8) is 0 Å². The molecular formula is C13H11NO4. The molecule has 2 aromatic carbocycles. The van der Waals surface area contributed by atoms with Crippen molar-refractivity contribution in [3.8, 4) is 5.75 Å². The second kappa shape index (κ2) is 4.83. The molecule has 92 valence electrons. The molecule has 0 aliphatic rings. The van der Waals surface area contributed by atoms with Crippen LogP contribution in [0.5, 0.6) is 5.75 Å². The van der Waals surface area contributed by atoms with Gasteiger partial charge in [0.2, 0.25) is 0 Å². The van der Waals surface area contributed by atoms with Gasteiger partial charge in [0.15, 0.2) is 0 Å². The number of esters is 1. The van der Waals surface area contributed by atoms with Crippen molar-refractivity contribution in [3.05, 3.63) is 52.1 Å². The molecule has 0 N–H and O–H groups in total. The zero-order valence-corrected chi connectivity index (χ0v) is 9.75. The first-order valence-electron chi connectivity index (χ1n) is 5.39. The molecule has 2 aromatic rings. The van der Waals surface area contributed by atoms with Crippen LogP contribution in [0, 0.1) is 17.0 Å². The van der Waals surface area contributed by atoms with Crippen LogP contribution in [0.2, 0.25) is 0 Å². The minimum atomic E-state index is -0.867. The second-order valence-electron chi connectivity index (χ2n) is 3.89. The average Bonchev–Trinajstić information content (AvgIpc) is 2.32. The van der Waals surface area contributed by atoms with E-state index in [9.17, 15) is 14.9 Å². The van der Waals surface area contributed by atoms with E-state index < -0.39 is 17.4 Å². The summed E-state index contributed by atoms with van der Waals surface area (Å²) in [5, 5.41) is 12.0. The molecule has 0 fully saturated rings. The summed E-state index contributed by atoms with van der Waals surface area (Å²) in [7, 11) is 0. The van der Waals surface area contributed by atoms with Gasteiger partial charge in [0.1, 0.15) is 5.75 Å². The van der Waals surface area contributed by atoms with Crippen molar-refractivity contribution in [2.45, 2.75) is 6.92 Å². The summed E-state index contributed by atoms with van der Waals surface area (Å²) < 4.78 is 5.01. The largest absolute Gasteiger partial charge is 0.421 e. The summed E-state index contributed by atoms with van der Waals surface area (Å²) in [6.45, 7) is 1.12. The zero-order chi connectivity index (χ0) is 13.1. The normalized spacial score (nSPS) is 10.3. The zero-order valence-electron chi connectivity index (χ0n) is 9.75. The van der Waals surface area contributed by atoms with Crippen LogP contribution in [-0.4, -0.2) is 17.4 Å². The molecule has 0 unspecified atom stereocenters. The summed E-state index contributed by atoms with van der Waals surface area (Å²) >= 11 is 0. The third kappa shape index (κ3) is 2.45. The number of fused-ring (bicyclic) bond motifs is 1. The Morgan fingerprint density at radius 1 is 1.22 bits per heavy atom. The number of ether oxygens (including phenoxy) is 1. The van der Waals surface area contributed by atoms with E-state index in [0.717, 1.165) is 16.3 Å². The number of carbonyl (C=O) groups is 1. The fourth-order valence-corrected chi connectivity index (χ4v) is 1.77. The highest BCUT2D eigenvalue weighted by atomic mass is 16.6. The first-order chi connectivity index (χ1) is 8.58. The van der Waals surface area contributed by atoms with Crippen molar-refractivity contribution in [1.29, 1.82) is 0 Å². The topological polar surface area (TPSA) is 69.4 Å². The van der Waals surface area contributed by atoms with E-state index in [1.807, 2.05) is 37.3 Å². The number of benzene rings is 2. The van der Waals surface area contributed by atoms with Gasteiger partial charge in [-0.1, -0.05) is 30.3 Å². The van der Waals surface area contributed by atoms with E-state index in [2.05, 4.69) is 0 Å². The molecule has 0 saturated carbocycles. The quantitative estimate of drug-likeness (QED) is 0.360. The molecule has 18 heavy (non-hydrogen) atoms. The van der Waals surface area contributed by atoms with Gasteiger partial charge in [-0.15, -0.1) is 0 Å². The molecule has 0 aliphatic heterocycles. The summed E-state index contributed by atoms with van der Waals surface area (Å²) in [6.07, 6.45) is 0. The van der Waals surface area contributed by atoms with Gasteiger partial charge in [-0.3, -0.25) is 10.1 Å². The Bertz CT molecular complexity index is 621. The second-order valence-corrected chi connectivity index (χ2v) is 3.89. The number of nitrogens with zero attached hydrogens (tertiary/aromatic N) is 1. The van der Waals surface area contributed by atoms with Gasteiger partial charge in [-0.25, -0.2) is 4.79 Å². The molecule has 0 amide bonds. The first kappa shape index (κ1) is 12.0. The van der Waals surface area contributed by atoms with E-state index in [1.165, 1.54) is 0 Å². The van der Waals surface area contributed by atoms with Crippen molar-refractivity contribution >= 4 is 16.7 Å². The fraction of sp³-hybridized carbons (Fsp3) is 0.154. The lowest BCUT2D eigenvalue weighted by atomic mass is 10.1. The summed E-state index contributed by atoms with van der Waals surface area (Å²) in [5.41, 5.74) is 1.06. The Labute approximate surface area is 103 Å². The van der Waals surface area contributed by atoms with Gasteiger partial charge in [0.05, 0.1) is 0 Å². The molecule has 5 nitrogen and oxygen atoms in total. The van der Waals surface area contributed by atoms with Crippen molar-refractivity contribution in [2.75, 3.05) is 6.54 Å². The Morgan fingerprint density at radius 2 is 1.89 bits per heavy atom. The van der Waals surface area contributed by atoms with Crippen molar-refractivity contribution in [1.82, 2.24) is 0 Å². The summed E-state index contributed by atoms with van der Waals surface area (Å²) in [4.78, 5) is 20.8. The molecule has 0 atom stereocenters. The number of aryl methyl sites for hydroxylation is 1. The van der Waals surface area contributed by atoms with E-state index in [4.69, 9.17) is 4.74 Å². The number of rotatable bonds is 3. The Morgan fingerprint density at radius 3 is 2.56 bits per heavy atom. The Hall–Kier alpha value is -2.43. The van der Waals surface area contributed by atoms with Gasteiger partial charge in [0, 0.05) is 10.3 Å². The third-order valence-corrected chi connectivity index (χ3v) is 2.58. The molecule has 0 spiro atoms. The molecule has 0 bridgehead atoms. The SMILES string of the molecule is Cc1ccc(OC(=O)C[N+](=O)[O-])c2ccccc12. The minimum absolute atomic E-state index is 0.350. The smallest absolute Gasteiger partial charge is 0.383 e. The third-order valence-electron chi connectivity index (χ3n) is 2.58. The number of nitro groups is 1. The molecule has 5 heteroatoms. The van der Waals surface area contributed by atoms with Crippen molar-refractivity contribution < 1.29 is 14.5 Å². The fourth-order valence-electron chi connectivity index (χ4n) is 1.77. The van der Waals surface area contributed by atoms with Crippen LogP contribution in [0.25, 0.3) is 10.8 Å². The van der Waals surface area contributed by atoms with E-state index >= 15 is 0 Å². The average molecular weight is 245 g/mol. The monoisotopic (exact) mass is 245 g/mol. The van der Waals surface area contributed by atoms with Crippen LogP contribution in [0.15, 0.2) is 36.4 Å². The van der Waals surface area contributed by atoms with Crippen LogP contribution in [0.4, 0.5) is 0 Å². The molecule has 0 saturated heterocycles. The van der Waals surface area contributed by atoms with Crippen LogP contribution >= 0.6 is 0 Å². The molecule has 0 aliphatic carbocycles. The summed E-state index contributed by atoms with van der Waals surface area (Å²) in [5.74, 6) is -0.517. The summed E-state index contributed by atoms with van der Waals surface area (Å²) in [6, 6.07) is 10.9. The van der Waals surface area contributed by atoms with Gasteiger partial charge < -0.3 is 4.74 Å². The maximum absolute atomic E-state index is 11.3. The Balaban J connectivity index is 2.37. The lowest BCUT2D eigenvalue weighted by Gasteiger charge is -2.08. The van der Waals surface area contributed by atoms with E-state index in [1.54, 1.807) is 6.07 Å². The first-order valence-corrected chi connectivity index (χ1v) is 5.39. The molecular weight excluding hydrogens is 234 g/mol. The van der Waals surface area contributed by atoms with E-state index in [-0.39, 0.29) is 0 Å². The molecule has 2 rings (SSSR count). The van der Waals surface area contributed by atoms with Gasteiger partial charge >= 0.3 is 5.97 Å². The Kier molecular flexibility index (Phi) is 3.23.